The van der Waals surface area contributed by atoms with Gasteiger partial charge in [-0.3, -0.25) is 0 Å². The van der Waals surface area contributed by atoms with E-state index in [4.69, 9.17) is 0 Å². The summed E-state index contributed by atoms with van der Waals surface area (Å²) < 4.78 is 25.4. The van der Waals surface area contributed by atoms with E-state index in [2.05, 4.69) is 0 Å². The lowest BCUT2D eigenvalue weighted by Gasteiger charge is -2.16. The second kappa shape index (κ2) is 7.42. The Hall–Kier alpha value is -2.10. The molecule has 0 radical (unpaired) electrons. The first-order chi connectivity index (χ1) is 11.7. The SMILES string of the molecule is CC(C)c1cc(C=C(C#N)S(=O)(=O)c2cccs2)cc(C(C)C)c1O. The second-order valence-electron chi connectivity index (χ2n) is 6.41. The average molecular weight is 376 g/mol. The van der Waals surface area contributed by atoms with Gasteiger partial charge in [-0.2, -0.15) is 5.26 Å². The predicted molar refractivity (Wildman–Crippen MR) is 101 cm³/mol. The van der Waals surface area contributed by atoms with Crippen LogP contribution in [0, 0.1) is 11.3 Å². The van der Waals surface area contributed by atoms with Crippen molar-refractivity contribution in [1.82, 2.24) is 0 Å². The molecule has 132 valence electrons. The van der Waals surface area contributed by atoms with Crippen molar-refractivity contribution in [1.29, 1.82) is 5.26 Å². The maximum atomic E-state index is 12.6. The maximum Gasteiger partial charge on any atom is 0.226 e. The molecule has 0 amide bonds. The van der Waals surface area contributed by atoms with Crippen LogP contribution in [-0.4, -0.2) is 13.5 Å². The fraction of sp³-hybridized carbons (Fsp3) is 0.316. The molecule has 6 heteroatoms. The van der Waals surface area contributed by atoms with Crippen LogP contribution in [0.1, 0.15) is 56.2 Å². The van der Waals surface area contributed by atoms with E-state index in [-0.39, 0.29) is 26.7 Å². The lowest BCUT2D eigenvalue weighted by atomic mass is 9.91. The number of allylic oxidation sites excluding steroid dienone is 1. The van der Waals surface area contributed by atoms with Gasteiger partial charge in [0.05, 0.1) is 0 Å². The zero-order chi connectivity index (χ0) is 18.8. The van der Waals surface area contributed by atoms with Gasteiger partial charge in [0.25, 0.3) is 0 Å². The van der Waals surface area contributed by atoms with Gasteiger partial charge in [0.2, 0.25) is 9.84 Å². The molecule has 25 heavy (non-hydrogen) atoms. The topological polar surface area (TPSA) is 78.2 Å². The summed E-state index contributed by atoms with van der Waals surface area (Å²) in [6.45, 7) is 7.83. The zero-order valence-corrected chi connectivity index (χ0v) is 16.3. The molecule has 0 saturated carbocycles. The van der Waals surface area contributed by atoms with Crippen LogP contribution in [0.5, 0.6) is 5.75 Å². The number of sulfone groups is 1. The van der Waals surface area contributed by atoms with Gasteiger partial charge in [0.15, 0.2) is 4.91 Å². The van der Waals surface area contributed by atoms with Gasteiger partial charge in [-0.1, -0.05) is 33.8 Å². The molecule has 1 heterocycles. The lowest BCUT2D eigenvalue weighted by molar-refractivity contribution is 0.454. The predicted octanol–water partition coefficient (Wildman–Crippen LogP) is 5.04. The molecule has 4 nitrogen and oxygen atoms in total. The molecule has 1 N–H and O–H groups in total. The van der Waals surface area contributed by atoms with Crippen LogP contribution >= 0.6 is 11.3 Å². The van der Waals surface area contributed by atoms with Gasteiger partial charge < -0.3 is 5.11 Å². The van der Waals surface area contributed by atoms with Gasteiger partial charge in [0.1, 0.15) is 16.0 Å². The Morgan fingerprint density at radius 3 is 2.16 bits per heavy atom. The highest BCUT2D eigenvalue weighted by atomic mass is 32.2. The summed E-state index contributed by atoms with van der Waals surface area (Å²) in [7, 11) is -3.83. The molecular formula is C19H21NO3S2. The van der Waals surface area contributed by atoms with E-state index >= 15 is 0 Å². The molecule has 0 aliphatic rings. The van der Waals surface area contributed by atoms with Crippen molar-refractivity contribution in [3.63, 3.8) is 0 Å². The number of rotatable bonds is 5. The normalized spacial score (nSPS) is 12.6. The highest BCUT2D eigenvalue weighted by molar-refractivity contribution is 7.97. The van der Waals surface area contributed by atoms with Gasteiger partial charge >= 0.3 is 0 Å². The Morgan fingerprint density at radius 1 is 1.20 bits per heavy atom. The van der Waals surface area contributed by atoms with E-state index in [1.807, 2.05) is 33.8 Å². The van der Waals surface area contributed by atoms with Crippen LogP contribution in [0.15, 0.2) is 38.8 Å². The van der Waals surface area contributed by atoms with Crippen molar-refractivity contribution in [2.75, 3.05) is 0 Å². The Morgan fingerprint density at radius 2 is 1.76 bits per heavy atom. The first kappa shape index (κ1) is 19.2. The third-order valence-corrected chi connectivity index (χ3v) is 6.96. The second-order valence-corrected chi connectivity index (χ2v) is 9.51. The Labute approximate surface area is 153 Å². The quantitative estimate of drug-likeness (QED) is 0.743. The number of thiophene rings is 1. The number of aromatic hydroxyl groups is 1. The summed E-state index contributed by atoms with van der Waals surface area (Å²) in [6.07, 6.45) is 1.38. The summed E-state index contributed by atoms with van der Waals surface area (Å²) in [6, 6.07) is 8.42. The molecule has 1 aromatic carbocycles. The number of phenols is 1. The molecule has 0 fully saturated rings. The van der Waals surface area contributed by atoms with E-state index in [0.29, 0.717) is 5.56 Å². The van der Waals surface area contributed by atoms with E-state index in [9.17, 15) is 18.8 Å². The highest BCUT2D eigenvalue weighted by Crippen LogP contribution is 2.36. The Kier molecular flexibility index (Phi) is 5.71. The Bertz CT molecular complexity index is 903. The summed E-state index contributed by atoms with van der Waals surface area (Å²) >= 11 is 1.08. The number of benzene rings is 1. The summed E-state index contributed by atoms with van der Waals surface area (Å²) in [5.41, 5.74) is 2.08. The van der Waals surface area contributed by atoms with E-state index in [1.165, 1.54) is 12.1 Å². The van der Waals surface area contributed by atoms with Gasteiger partial charge in [-0.15, -0.1) is 11.3 Å². The van der Waals surface area contributed by atoms with Gasteiger partial charge in [0, 0.05) is 0 Å². The van der Waals surface area contributed by atoms with Gasteiger partial charge in [-0.05, 0) is 58.2 Å². The minimum atomic E-state index is -3.83. The molecule has 0 aliphatic carbocycles. The molecule has 2 aromatic rings. The number of hydrogen-bond acceptors (Lipinski definition) is 5. The van der Waals surface area contributed by atoms with Crippen molar-refractivity contribution in [3.8, 4) is 11.8 Å². The zero-order valence-electron chi connectivity index (χ0n) is 14.6. The molecule has 0 aliphatic heterocycles. The number of nitriles is 1. The first-order valence-electron chi connectivity index (χ1n) is 7.95. The van der Waals surface area contributed by atoms with Crippen molar-refractivity contribution in [2.24, 2.45) is 0 Å². The minimum Gasteiger partial charge on any atom is -0.507 e. The van der Waals surface area contributed by atoms with Crippen molar-refractivity contribution >= 4 is 27.3 Å². The molecule has 0 unspecified atom stereocenters. The fourth-order valence-corrected chi connectivity index (χ4v) is 4.79. The van der Waals surface area contributed by atoms with Crippen LogP contribution in [0.3, 0.4) is 0 Å². The highest BCUT2D eigenvalue weighted by Gasteiger charge is 2.22. The minimum absolute atomic E-state index is 0.0743. The first-order valence-corrected chi connectivity index (χ1v) is 10.3. The van der Waals surface area contributed by atoms with Crippen molar-refractivity contribution in [2.45, 2.75) is 43.7 Å². The van der Waals surface area contributed by atoms with Crippen LogP contribution in [0.25, 0.3) is 6.08 Å². The average Bonchev–Trinajstić information content (AvgIpc) is 3.08. The van der Waals surface area contributed by atoms with E-state index < -0.39 is 9.84 Å². The molecular weight excluding hydrogens is 354 g/mol. The maximum absolute atomic E-state index is 12.6. The Balaban J connectivity index is 2.65. The third kappa shape index (κ3) is 3.94. The monoisotopic (exact) mass is 375 g/mol. The number of phenolic OH excluding ortho intramolecular Hbond substituents is 1. The lowest BCUT2D eigenvalue weighted by Crippen LogP contribution is -2.02. The number of nitrogens with zero attached hydrogens (tertiary/aromatic N) is 1. The molecule has 0 atom stereocenters. The smallest absolute Gasteiger partial charge is 0.226 e. The summed E-state index contributed by atoms with van der Waals surface area (Å²) in [4.78, 5) is -0.301. The van der Waals surface area contributed by atoms with Crippen LogP contribution in [-0.2, 0) is 9.84 Å². The van der Waals surface area contributed by atoms with Crippen LogP contribution < -0.4 is 0 Å². The molecule has 0 spiro atoms. The molecule has 2 rings (SSSR count). The molecule has 1 aromatic heterocycles. The van der Waals surface area contributed by atoms with E-state index in [1.54, 1.807) is 23.6 Å². The number of hydrogen-bond donors (Lipinski definition) is 1. The fourth-order valence-electron chi connectivity index (χ4n) is 2.51. The molecule has 0 saturated heterocycles. The van der Waals surface area contributed by atoms with Gasteiger partial charge in [-0.25, -0.2) is 8.42 Å². The third-order valence-electron chi connectivity index (χ3n) is 3.89. The van der Waals surface area contributed by atoms with E-state index in [0.717, 1.165) is 22.5 Å². The summed E-state index contributed by atoms with van der Waals surface area (Å²) in [5.74, 6) is 0.386. The van der Waals surface area contributed by atoms with Crippen molar-refractivity contribution in [3.05, 3.63) is 51.2 Å². The van der Waals surface area contributed by atoms with Crippen LogP contribution in [0.4, 0.5) is 0 Å². The standard InChI is InChI=1S/C19H21NO3S2/c1-12(2)16-9-14(10-17(13(3)4)19(16)21)8-15(11-20)25(22,23)18-6-5-7-24-18/h5-10,12-13,21H,1-4H3. The van der Waals surface area contributed by atoms with Crippen molar-refractivity contribution < 1.29 is 13.5 Å². The largest absolute Gasteiger partial charge is 0.507 e. The summed E-state index contributed by atoms with van der Waals surface area (Å²) in [5, 5.41) is 21.5. The molecule has 0 bridgehead atoms. The van der Waals surface area contributed by atoms with Crippen LogP contribution in [0.2, 0.25) is 0 Å².